The summed E-state index contributed by atoms with van der Waals surface area (Å²) in [6.07, 6.45) is 0. The Morgan fingerprint density at radius 2 is 1.79 bits per heavy atom. The Hall–Kier alpha value is -2.22. The molecule has 7 heteroatoms. The number of halogens is 1. The van der Waals surface area contributed by atoms with Gasteiger partial charge in [0.25, 0.3) is 0 Å². The van der Waals surface area contributed by atoms with Crippen LogP contribution in [0.2, 0.25) is 0 Å². The van der Waals surface area contributed by atoms with Crippen LogP contribution >= 0.6 is 39.0 Å². The van der Waals surface area contributed by atoms with E-state index in [9.17, 15) is 4.79 Å². The molecule has 28 heavy (non-hydrogen) atoms. The van der Waals surface area contributed by atoms with Gasteiger partial charge >= 0.3 is 0 Å². The summed E-state index contributed by atoms with van der Waals surface area (Å²) in [5.74, 6) is 1.22. The van der Waals surface area contributed by atoms with Crippen LogP contribution in [0.3, 0.4) is 0 Å². The molecule has 0 bridgehead atoms. The van der Waals surface area contributed by atoms with Crippen molar-refractivity contribution in [3.05, 3.63) is 87.7 Å². The van der Waals surface area contributed by atoms with Gasteiger partial charge in [0.1, 0.15) is 0 Å². The molecule has 4 aromatic rings. The highest BCUT2D eigenvalue weighted by atomic mass is 79.9. The Bertz CT molecular complexity index is 1060. The Labute approximate surface area is 179 Å². The predicted molar refractivity (Wildman–Crippen MR) is 118 cm³/mol. The van der Waals surface area contributed by atoms with Crippen LogP contribution in [0, 0.1) is 0 Å². The minimum absolute atomic E-state index is 0.0736. The van der Waals surface area contributed by atoms with Gasteiger partial charge in [-0.15, -0.1) is 21.5 Å². The van der Waals surface area contributed by atoms with Crippen molar-refractivity contribution < 1.29 is 4.79 Å². The van der Waals surface area contributed by atoms with E-state index >= 15 is 0 Å². The zero-order valence-electron chi connectivity index (χ0n) is 14.8. The Kier molecular flexibility index (Phi) is 6.04. The van der Waals surface area contributed by atoms with Gasteiger partial charge in [-0.3, -0.25) is 9.36 Å². The lowest BCUT2D eigenvalue weighted by Gasteiger charge is -2.09. The molecule has 2 heterocycles. The molecule has 140 valence electrons. The molecule has 0 aliphatic rings. The fraction of sp³-hybridized carbons (Fsp3) is 0.0952. The Morgan fingerprint density at radius 3 is 2.50 bits per heavy atom. The maximum Gasteiger partial charge on any atom is 0.192 e. The van der Waals surface area contributed by atoms with Crippen LogP contribution < -0.4 is 0 Å². The normalized spacial score (nSPS) is 10.9. The first-order valence-electron chi connectivity index (χ1n) is 8.63. The quantitative estimate of drug-likeness (QED) is 0.253. The van der Waals surface area contributed by atoms with Crippen LogP contribution in [0.5, 0.6) is 0 Å². The van der Waals surface area contributed by atoms with Crippen LogP contribution in [0.1, 0.15) is 15.9 Å². The summed E-state index contributed by atoms with van der Waals surface area (Å²) >= 11 is 6.45. The van der Waals surface area contributed by atoms with Crippen molar-refractivity contribution in [2.24, 2.45) is 0 Å². The molecule has 2 aromatic carbocycles. The maximum absolute atomic E-state index is 12.5. The molecule has 2 aromatic heterocycles. The maximum atomic E-state index is 12.5. The summed E-state index contributed by atoms with van der Waals surface area (Å²) in [4.78, 5) is 13.6. The average molecular weight is 470 g/mol. The molecule has 0 saturated carbocycles. The van der Waals surface area contributed by atoms with Gasteiger partial charge in [0, 0.05) is 10.0 Å². The first-order chi connectivity index (χ1) is 13.7. The number of carbonyl (C=O) groups excluding carboxylic acids is 1. The molecule has 0 amide bonds. The fourth-order valence-corrected chi connectivity index (χ4v) is 4.56. The average Bonchev–Trinajstić information content (AvgIpc) is 3.37. The number of Topliss-reactive ketones (excluding diaryl/α,β-unsaturated/α-hetero) is 1. The molecule has 0 fully saturated rings. The van der Waals surface area contributed by atoms with E-state index in [-0.39, 0.29) is 5.78 Å². The zero-order chi connectivity index (χ0) is 19.3. The number of nitrogens with zero attached hydrogens (tertiary/aromatic N) is 3. The van der Waals surface area contributed by atoms with Crippen LogP contribution in [-0.2, 0) is 6.54 Å². The van der Waals surface area contributed by atoms with E-state index in [2.05, 4.69) is 42.8 Å². The highest BCUT2D eigenvalue weighted by Gasteiger charge is 2.17. The molecule has 0 atom stereocenters. The van der Waals surface area contributed by atoms with Gasteiger partial charge in [-0.1, -0.05) is 76.2 Å². The lowest BCUT2D eigenvalue weighted by molar-refractivity contribution is 0.102. The molecule has 0 radical (unpaired) electrons. The number of aromatic nitrogens is 3. The number of thiophene rings is 1. The number of thioether (sulfide) groups is 1. The number of rotatable bonds is 7. The molecule has 4 nitrogen and oxygen atoms in total. The largest absolute Gasteiger partial charge is 0.297 e. The molecule has 0 unspecified atom stereocenters. The summed E-state index contributed by atoms with van der Waals surface area (Å²) in [6, 6.07) is 21.7. The number of carbonyl (C=O) groups is 1. The van der Waals surface area contributed by atoms with Crippen molar-refractivity contribution in [2.75, 3.05) is 5.75 Å². The lowest BCUT2D eigenvalue weighted by Crippen LogP contribution is -2.06. The smallest absolute Gasteiger partial charge is 0.192 e. The monoisotopic (exact) mass is 469 g/mol. The topological polar surface area (TPSA) is 47.8 Å². The molecule has 4 rings (SSSR count). The highest BCUT2D eigenvalue weighted by Crippen LogP contribution is 2.28. The van der Waals surface area contributed by atoms with Crippen molar-refractivity contribution in [3.63, 3.8) is 0 Å². The minimum Gasteiger partial charge on any atom is -0.297 e. The third-order valence-corrected chi connectivity index (χ3v) is 6.50. The molecule has 0 N–H and O–H groups in total. The third-order valence-electron chi connectivity index (χ3n) is 4.14. The van der Waals surface area contributed by atoms with Crippen LogP contribution in [0.4, 0.5) is 0 Å². The molecule has 0 saturated heterocycles. The van der Waals surface area contributed by atoms with Crippen molar-refractivity contribution in [2.45, 2.75) is 11.7 Å². The highest BCUT2D eigenvalue weighted by molar-refractivity contribution is 9.10. The zero-order valence-corrected chi connectivity index (χ0v) is 18.0. The number of ketones is 1. The van der Waals surface area contributed by atoms with E-state index in [1.807, 2.05) is 60.0 Å². The first kappa shape index (κ1) is 19.1. The van der Waals surface area contributed by atoms with Crippen LogP contribution in [0.25, 0.3) is 10.7 Å². The van der Waals surface area contributed by atoms with Gasteiger partial charge in [-0.05, 0) is 29.1 Å². The first-order valence-corrected chi connectivity index (χ1v) is 11.3. The third kappa shape index (κ3) is 4.43. The van der Waals surface area contributed by atoms with Crippen LogP contribution in [0.15, 0.2) is 81.7 Å². The second kappa shape index (κ2) is 8.86. The lowest BCUT2D eigenvalue weighted by atomic mass is 10.2. The second-order valence-electron chi connectivity index (χ2n) is 6.07. The van der Waals surface area contributed by atoms with Crippen molar-refractivity contribution in [3.8, 4) is 10.7 Å². The second-order valence-corrected chi connectivity index (χ2v) is 8.88. The standard InChI is InChI=1S/C21H16BrN3OS2/c22-17-10-8-16(9-11-17)18(26)14-28-21-24-23-20(19-7-4-12-27-19)25(21)13-15-5-2-1-3-6-15/h1-12H,13-14H2. The van der Waals surface area contributed by atoms with Gasteiger partial charge in [0.2, 0.25) is 0 Å². The van der Waals surface area contributed by atoms with E-state index in [0.29, 0.717) is 17.9 Å². The Balaban J connectivity index is 1.57. The van der Waals surface area contributed by atoms with E-state index in [4.69, 9.17) is 0 Å². The van der Waals surface area contributed by atoms with Crippen molar-refractivity contribution in [1.82, 2.24) is 14.8 Å². The van der Waals surface area contributed by atoms with Gasteiger partial charge < -0.3 is 0 Å². The van der Waals surface area contributed by atoms with Crippen molar-refractivity contribution in [1.29, 1.82) is 0 Å². The summed E-state index contributed by atoms with van der Waals surface area (Å²) in [6.45, 7) is 0.663. The summed E-state index contributed by atoms with van der Waals surface area (Å²) in [7, 11) is 0. The van der Waals surface area contributed by atoms with Gasteiger partial charge in [-0.25, -0.2) is 0 Å². The van der Waals surface area contributed by atoms with E-state index in [0.717, 1.165) is 20.3 Å². The van der Waals surface area contributed by atoms with Crippen LogP contribution in [-0.4, -0.2) is 26.3 Å². The number of hydrogen-bond acceptors (Lipinski definition) is 5. The molecule has 0 aliphatic heterocycles. The van der Waals surface area contributed by atoms with E-state index < -0.39 is 0 Å². The van der Waals surface area contributed by atoms with Gasteiger partial charge in [0.05, 0.1) is 17.2 Å². The number of hydrogen-bond donors (Lipinski definition) is 0. The van der Waals surface area contributed by atoms with Gasteiger partial charge in [0.15, 0.2) is 16.8 Å². The molecule has 0 spiro atoms. The van der Waals surface area contributed by atoms with E-state index in [1.54, 1.807) is 11.3 Å². The predicted octanol–water partition coefficient (Wildman–Crippen LogP) is 5.79. The number of benzene rings is 2. The Morgan fingerprint density at radius 1 is 1.00 bits per heavy atom. The van der Waals surface area contributed by atoms with E-state index in [1.165, 1.54) is 17.3 Å². The molecular weight excluding hydrogens is 454 g/mol. The molecule has 0 aliphatic carbocycles. The fourth-order valence-electron chi connectivity index (χ4n) is 2.74. The SMILES string of the molecule is O=C(CSc1nnc(-c2cccs2)n1Cc1ccccc1)c1ccc(Br)cc1. The minimum atomic E-state index is 0.0736. The summed E-state index contributed by atoms with van der Waals surface area (Å²) in [5.41, 5.74) is 1.87. The van der Waals surface area contributed by atoms with Crippen molar-refractivity contribution >= 4 is 44.8 Å². The molecular formula is C21H16BrN3OS2. The summed E-state index contributed by atoms with van der Waals surface area (Å²) in [5, 5.41) is 11.5. The van der Waals surface area contributed by atoms with Gasteiger partial charge in [-0.2, -0.15) is 0 Å². The summed E-state index contributed by atoms with van der Waals surface area (Å²) < 4.78 is 3.04.